The number of hydrogen-bond donors (Lipinski definition) is 2. The molecule has 0 saturated carbocycles. The van der Waals surface area contributed by atoms with Crippen LogP contribution in [-0.4, -0.2) is 82.4 Å². The van der Waals surface area contributed by atoms with Gasteiger partial charge in [-0.05, 0) is 63.2 Å². The molecule has 14 heteroatoms. The van der Waals surface area contributed by atoms with Crippen LogP contribution in [0.3, 0.4) is 0 Å². The SMILES string of the molecule is COCCOc1cc2ncnc(Nc3cc(C)c(Oc4ccn5ncnc5c4)cc3OC)c2cc1NC(=O)C(F)=CC1CCCN1C. The molecule has 2 aromatic carbocycles. The lowest BCUT2D eigenvalue weighted by atomic mass is 10.1. The monoisotopic (exact) mass is 642 g/mol. The summed E-state index contributed by atoms with van der Waals surface area (Å²) in [6.07, 6.45) is 7.76. The number of hydrogen-bond acceptors (Lipinski definition) is 11. The molecule has 0 bridgehead atoms. The van der Waals surface area contributed by atoms with Crippen molar-refractivity contribution >= 4 is 39.6 Å². The summed E-state index contributed by atoms with van der Waals surface area (Å²) in [6.45, 7) is 3.30. The molecule has 0 spiro atoms. The van der Waals surface area contributed by atoms with Gasteiger partial charge in [-0.1, -0.05) is 0 Å². The van der Waals surface area contributed by atoms with Crippen LogP contribution in [0.2, 0.25) is 0 Å². The third kappa shape index (κ3) is 7.08. The van der Waals surface area contributed by atoms with Crippen LogP contribution < -0.4 is 24.8 Å². The highest BCUT2D eigenvalue weighted by Gasteiger charge is 2.23. The maximum atomic E-state index is 15.1. The zero-order valence-electron chi connectivity index (χ0n) is 26.5. The van der Waals surface area contributed by atoms with Crippen LogP contribution in [0.15, 0.2) is 67.2 Å². The Bertz CT molecular complexity index is 1950. The summed E-state index contributed by atoms with van der Waals surface area (Å²) in [6, 6.07) is 10.4. The smallest absolute Gasteiger partial charge is 0.284 e. The van der Waals surface area contributed by atoms with Crippen molar-refractivity contribution in [3.05, 3.63) is 72.7 Å². The summed E-state index contributed by atoms with van der Waals surface area (Å²) in [5.41, 5.74) is 2.90. The number of anilines is 3. The molecule has 0 radical (unpaired) electrons. The normalized spacial score (nSPS) is 15.3. The summed E-state index contributed by atoms with van der Waals surface area (Å²) in [5, 5.41) is 10.7. The Hall–Kier alpha value is -5.34. The predicted molar refractivity (Wildman–Crippen MR) is 174 cm³/mol. The minimum Gasteiger partial charge on any atom is -0.494 e. The van der Waals surface area contributed by atoms with Crippen LogP contribution in [-0.2, 0) is 9.53 Å². The molecule has 3 aromatic heterocycles. The summed E-state index contributed by atoms with van der Waals surface area (Å²) in [4.78, 5) is 28.1. The van der Waals surface area contributed by atoms with Gasteiger partial charge in [-0.2, -0.15) is 5.10 Å². The molecule has 1 amide bonds. The Kier molecular flexibility index (Phi) is 9.40. The summed E-state index contributed by atoms with van der Waals surface area (Å²) in [7, 11) is 5.03. The van der Waals surface area contributed by atoms with Gasteiger partial charge in [0.25, 0.3) is 5.91 Å². The molecule has 1 fully saturated rings. The number of aryl methyl sites for hydroxylation is 1. The summed E-state index contributed by atoms with van der Waals surface area (Å²) < 4.78 is 39.6. The van der Waals surface area contributed by atoms with E-state index in [0.717, 1.165) is 24.9 Å². The van der Waals surface area contributed by atoms with E-state index in [0.29, 0.717) is 57.7 Å². The Morgan fingerprint density at radius 3 is 2.70 bits per heavy atom. The van der Waals surface area contributed by atoms with Gasteiger partial charge >= 0.3 is 0 Å². The fourth-order valence-corrected chi connectivity index (χ4v) is 5.37. The van der Waals surface area contributed by atoms with Gasteiger partial charge in [0.05, 0.1) is 30.6 Å². The zero-order valence-corrected chi connectivity index (χ0v) is 26.5. The molecular formula is C33H35FN8O5. The van der Waals surface area contributed by atoms with E-state index in [1.165, 1.54) is 18.7 Å². The second-order valence-corrected chi connectivity index (χ2v) is 11.1. The maximum absolute atomic E-state index is 15.1. The number of aromatic nitrogens is 5. The first kappa shape index (κ1) is 31.6. The van der Waals surface area contributed by atoms with Gasteiger partial charge in [-0.3, -0.25) is 9.69 Å². The molecule has 1 saturated heterocycles. The van der Waals surface area contributed by atoms with Crippen LogP contribution >= 0.6 is 0 Å². The van der Waals surface area contributed by atoms with E-state index < -0.39 is 11.7 Å². The first-order chi connectivity index (χ1) is 22.8. The summed E-state index contributed by atoms with van der Waals surface area (Å²) >= 11 is 0. The van der Waals surface area contributed by atoms with Crippen LogP contribution in [0.1, 0.15) is 18.4 Å². The first-order valence-corrected chi connectivity index (χ1v) is 15.0. The minimum atomic E-state index is -0.872. The van der Waals surface area contributed by atoms with Crippen molar-refractivity contribution in [2.75, 3.05) is 51.7 Å². The number of amides is 1. The lowest BCUT2D eigenvalue weighted by molar-refractivity contribution is -0.114. The largest absolute Gasteiger partial charge is 0.494 e. The second kappa shape index (κ2) is 14.0. The number of pyridine rings is 1. The van der Waals surface area contributed by atoms with Crippen LogP contribution in [0.5, 0.6) is 23.0 Å². The number of methoxy groups -OCH3 is 2. The number of carbonyl (C=O) groups is 1. The predicted octanol–water partition coefficient (Wildman–Crippen LogP) is 5.44. The van der Waals surface area contributed by atoms with Gasteiger partial charge in [0.1, 0.15) is 48.1 Å². The van der Waals surface area contributed by atoms with Crippen LogP contribution in [0.4, 0.5) is 21.6 Å². The van der Waals surface area contributed by atoms with Crippen molar-refractivity contribution in [1.29, 1.82) is 0 Å². The number of nitrogens with zero attached hydrogens (tertiary/aromatic N) is 6. The quantitative estimate of drug-likeness (QED) is 0.133. The Morgan fingerprint density at radius 2 is 1.91 bits per heavy atom. The van der Waals surface area contributed by atoms with E-state index in [4.69, 9.17) is 18.9 Å². The molecule has 1 aliphatic rings. The van der Waals surface area contributed by atoms with E-state index in [9.17, 15) is 4.79 Å². The Morgan fingerprint density at radius 1 is 1.04 bits per heavy atom. The third-order valence-electron chi connectivity index (χ3n) is 7.89. The molecule has 0 aliphatic carbocycles. The fraction of sp³-hybridized carbons (Fsp3) is 0.303. The number of halogens is 1. The number of likely N-dealkylation sites (N-methyl/N-ethyl adjacent to an activating group) is 1. The van der Waals surface area contributed by atoms with Crippen molar-refractivity contribution in [1.82, 2.24) is 29.5 Å². The second-order valence-electron chi connectivity index (χ2n) is 11.1. The highest BCUT2D eigenvalue weighted by Crippen LogP contribution is 2.39. The first-order valence-electron chi connectivity index (χ1n) is 15.0. The number of carbonyl (C=O) groups excluding carboxylic acids is 1. The van der Waals surface area contributed by atoms with Crippen molar-refractivity contribution in [3.8, 4) is 23.0 Å². The van der Waals surface area contributed by atoms with E-state index in [2.05, 4.69) is 30.7 Å². The van der Waals surface area contributed by atoms with E-state index in [1.54, 1.807) is 55.3 Å². The van der Waals surface area contributed by atoms with E-state index in [-0.39, 0.29) is 18.3 Å². The number of nitrogens with one attached hydrogen (secondary N) is 2. The molecule has 13 nitrogen and oxygen atoms in total. The van der Waals surface area contributed by atoms with Gasteiger partial charge in [0, 0.05) is 42.9 Å². The standard InChI is InChI=1S/C33H35FN8O5/c1-20-12-26(29(45-4)17-28(20)47-22-7-9-42-31(14-22)36-19-38-42)39-32-23-15-27(30(46-11-10-44-3)16-25(23)35-18-37-32)40-33(43)24(34)13-21-6-5-8-41(21)2/h7,9,12-19,21H,5-6,8,10-11H2,1-4H3,(H,40,43)(H,35,37,39). The Balaban J connectivity index is 1.30. The highest BCUT2D eigenvalue weighted by molar-refractivity contribution is 6.05. The molecule has 1 aliphatic heterocycles. The third-order valence-corrected chi connectivity index (χ3v) is 7.89. The topological polar surface area (TPSA) is 137 Å². The molecule has 5 aromatic rings. The molecule has 6 rings (SSSR count). The molecule has 4 heterocycles. The summed E-state index contributed by atoms with van der Waals surface area (Å²) in [5.74, 6) is 0.696. The van der Waals surface area contributed by atoms with E-state index >= 15 is 4.39 Å². The molecular weight excluding hydrogens is 607 g/mol. The van der Waals surface area contributed by atoms with Gasteiger partial charge < -0.3 is 29.6 Å². The average Bonchev–Trinajstić information content (AvgIpc) is 3.70. The lowest BCUT2D eigenvalue weighted by Crippen LogP contribution is -2.24. The molecule has 1 atom stereocenters. The molecule has 244 valence electrons. The molecule has 1 unspecified atom stereocenters. The van der Waals surface area contributed by atoms with Crippen molar-refractivity contribution in [2.45, 2.75) is 25.8 Å². The fourth-order valence-electron chi connectivity index (χ4n) is 5.37. The number of fused-ring (bicyclic) bond motifs is 2. The number of ether oxygens (including phenoxy) is 4. The lowest BCUT2D eigenvalue weighted by Gasteiger charge is -2.18. The van der Waals surface area contributed by atoms with Gasteiger partial charge in [0.2, 0.25) is 0 Å². The molecule has 47 heavy (non-hydrogen) atoms. The maximum Gasteiger partial charge on any atom is 0.284 e. The van der Waals surface area contributed by atoms with Crippen molar-refractivity contribution < 1.29 is 28.1 Å². The zero-order chi connectivity index (χ0) is 32.9. The van der Waals surface area contributed by atoms with Gasteiger partial charge in [0.15, 0.2) is 11.5 Å². The van der Waals surface area contributed by atoms with Crippen molar-refractivity contribution in [3.63, 3.8) is 0 Å². The van der Waals surface area contributed by atoms with Crippen LogP contribution in [0, 0.1) is 6.92 Å². The molecule has 2 N–H and O–H groups in total. The van der Waals surface area contributed by atoms with Gasteiger partial charge in [-0.25, -0.2) is 23.9 Å². The van der Waals surface area contributed by atoms with Gasteiger partial charge in [-0.15, -0.1) is 0 Å². The number of likely N-dealkylation sites (tertiary alicyclic amines) is 1. The average molecular weight is 643 g/mol. The number of benzene rings is 2. The van der Waals surface area contributed by atoms with E-state index in [1.807, 2.05) is 24.9 Å². The number of rotatable bonds is 12. The van der Waals surface area contributed by atoms with Crippen molar-refractivity contribution in [2.24, 2.45) is 0 Å². The Labute approximate surface area is 270 Å². The highest BCUT2D eigenvalue weighted by atomic mass is 19.1. The minimum absolute atomic E-state index is 0.133. The van der Waals surface area contributed by atoms with Crippen LogP contribution in [0.25, 0.3) is 16.6 Å².